The summed E-state index contributed by atoms with van der Waals surface area (Å²) in [7, 11) is 0. The first-order valence-electron chi connectivity index (χ1n) is 12.8. The molecule has 0 radical (unpaired) electrons. The molecule has 1 saturated carbocycles. The molecule has 0 spiro atoms. The molecule has 1 aliphatic carbocycles. The van der Waals surface area contributed by atoms with Crippen LogP contribution in [0.5, 0.6) is 0 Å². The van der Waals surface area contributed by atoms with Gasteiger partial charge in [-0.2, -0.15) is 5.10 Å². The largest absolute Gasteiger partial charge is 0.359 e. The van der Waals surface area contributed by atoms with Gasteiger partial charge in [0.2, 0.25) is 0 Å². The molecule has 0 unspecified atom stereocenters. The fraction of sp³-hybridized carbons (Fsp3) is 0.167. The molecule has 0 saturated heterocycles. The number of imidazole rings is 1. The van der Waals surface area contributed by atoms with Gasteiger partial charge < -0.3 is 10.3 Å². The van der Waals surface area contributed by atoms with Gasteiger partial charge >= 0.3 is 0 Å². The van der Waals surface area contributed by atoms with E-state index in [1.54, 1.807) is 24.7 Å². The summed E-state index contributed by atoms with van der Waals surface area (Å²) in [5, 5.41) is 10.8. The van der Waals surface area contributed by atoms with Crippen LogP contribution in [-0.4, -0.2) is 35.1 Å². The highest BCUT2D eigenvalue weighted by atomic mass is 19.1. The van der Waals surface area contributed by atoms with E-state index in [-0.39, 0.29) is 11.0 Å². The van der Waals surface area contributed by atoms with E-state index in [9.17, 15) is 0 Å². The number of halogens is 1. The first-order chi connectivity index (χ1) is 19.1. The molecule has 5 heterocycles. The molecule has 0 bridgehead atoms. The van der Waals surface area contributed by atoms with Gasteiger partial charge in [-0.25, -0.2) is 19.3 Å². The Balaban J connectivity index is 1.41. The Kier molecular flexibility index (Phi) is 6.32. The summed E-state index contributed by atoms with van der Waals surface area (Å²) in [5.41, 5.74) is 6.39. The molecular weight excluding hydrogens is 491 g/mol. The first-order valence-corrected chi connectivity index (χ1v) is 12.8. The van der Waals surface area contributed by atoms with E-state index in [2.05, 4.69) is 53.6 Å². The van der Waals surface area contributed by atoms with Crippen molar-refractivity contribution in [2.24, 2.45) is 5.92 Å². The number of hydrogen-bond acceptors (Lipinski definition) is 6. The summed E-state index contributed by atoms with van der Waals surface area (Å²) in [4.78, 5) is 21.0. The van der Waals surface area contributed by atoms with Crippen LogP contribution in [0.1, 0.15) is 31.7 Å². The summed E-state index contributed by atoms with van der Waals surface area (Å²) in [6, 6.07) is 5.72. The fourth-order valence-corrected chi connectivity index (χ4v) is 4.79. The van der Waals surface area contributed by atoms with Gasteiger partial charge in [0.15, 0.2) is 17.1 Å². The van der Waals surface area contributed by atoms with Crippen LogP contribution < -0.4 is 5.32 Å². The fourth-order valence-electron chi connectivity index (χ4n) is 4.79. The lowest BCUT2D eigenvalue weighted by molar-refractivity contribution is 0.356. The first kappa shape index (κ1) is 24.4. The third-order valence-corrected chi connectivity index (χ3v) is 7.18. The molecular formula is C30H27FN8. The van der Waals surface area contributed by atoms with Crippen LogP contribution in [0.3, 0.4) is 0 Å². The maximum absolute atomic E-state index is 16.2. The van der Waals surface area contributed by atoms with Crippen LogP contribution in [0.2, 0.25) is 0 Å². The number of pyridine rings is 3. The Morgan fingerprint density at radius 2 is 2.03 bits per heavy atom. The molecule has 0 aromatic carbocycles. The van der Waals surface area contributed by atoms with E-state index in [1.165, 1.54) is 12.6 Å². The van der Waals surface area contributed by atoms with E-state index >= 15 is 4.39 Å². The van der Waals surface area contributed by atoms with Crippen molar-refractivity contribution in [3.05, 3.63) is 97.1 Å². The highest BCUT2D eigenvalue weighted by molar-refractivity contribution is 5.96. The van der Waals surface area contributed by atoms with Gasteiger partial charge in [-0.3, -0.25) is 10.1 Å². The highest BCUT2D eigenvalue weighted by Gasteiger charge is 2.23. The second-order valence-electron chi connectivity index (χ2n) is 9.49. The minimum atomic E-state index is -0.449. The molecule has 0 atom stereocenters. The van der Waals surface area contributed by atoms with Gasteiger partial charge in [-0.1, -0.05) is 31.7 Å². The Hall–Kier alpha value is -4.92. The average Bonchev–Trinajstić information content (AvgIpc) is 3.55. The Labute approximate surface area is 224 Å². The quantitative estimate of drug-likeness (QED) is 0.203. The van der Waals surface area contributed by atoms with Crippen LogP contribution in [0.15, 0.2) is 85.8 Å². The van der Waals surface area contributed by atoms with Crippen LogP contribution in [-0.2, 0) is 0 Å². The predicted octanol–water partition coefficient (Wildman–Crippen LogP) is 6.47. The molecule has 0 aliphatic heterocycles. The number of aromatic nitrogens is 7. The second kappa shape index (κ2) is 10.1. The smallest absolute Gasteiger partial charge is 0.184 e. The van der Waals surface area contributed by atoms with Crippen LogP contribution in [0, 0.1) is 11.7 Å². The Bertz CT molecular complexity index is 1770. The van der Waals surface area contributed by atoms with Crippen molar-refractivity contribution < 1.29 is 4.39 Å². The average molecular weight is 519 g/mol. The number of nitrogens with one attached hydrogen (secondary N) is 3. The minimum Gasteiger partial charge on any atom is -0.359 e. The van der Waals surface area contributed by atoms with E-state index in [1.807, 2.05) is 37.3 Å². The third-order valence-electron chi connectivity index (χ3n) is 7.18. The Morgan fingerprint density at radius 1 is 1.15 bits per heavy atom. The van der Waals surface area contributed by atoms with Crippen molar-refractivity contribution in [2.45, 2.75) is 26.2 Å². The molecule has 6 rings (SSSR count). The lowest BCUT2D eigenvalue weighted by Gasteiger charge is -2.28. The van der Waals surface area contributed by atoms with Crippen molar-refractivity contribution >= 4 is 27.8 Å². The summed E-state index contributed by atoms with van der Waals surface area (Å²) in [6.07, 6.45) is 15.6. The van der Waals surface area contributed by atoms with E-state index < -0.39 is 5.82 Å². The summed E-state index contributed by atoms with van der Waals surface area (Å²) in [6.45, 7) is 9.95. The van der Waals surface area contributed by atoms with Crippen molar-refractivity contribution in [3.63, 3.8) is 0 Å². The summed E-state index contributed by atoms with van der Waals surface area (Å²) in [5.74, 6) is 0.426. The van der Waals surface area contributed by atoms with Gasteiger partial charge in [0.25, 0.3) is 0 Å². The number of fused-ring (bicyclic) bond motifs is 2. The van der Waals surface area contributed by atoms with Crippen molar-refractivity contribution in [1.82, 2.24) is 40.4 Å². The molecule has 1 fully saturated rings. The van der Waals surface area contributed by atoms with Gasteiger partial charge in [0.1, 0.15) is 11.5 Å². The number of rotatable bonds is 8. The number of aromatic amines is 2. The molecule has 9 heteroatoms. The number of nitrogens with zero attached hydrogens (tertiary/aromatic N) is 5. The van der Waals surface area contributed by atoms with Crippen molar-refractivity contribution in [1.29, 1.82) is 0 Å². The maximum Gasteiger partial charge on any atom is 0.184 e. The Morgan fingerprint density at radius 3 is 2.74 bits per heavy atom. The zero-order valence-electron chi connectivity index (χ0n) is 21.5. The number of hydrogen-bond donors (Lipinski definition) is 3. The standard InChI is InChI=1S/C30H27FN8/c1-4-18(14-21(5-2)35-17(3)19-8-6-9-19)23-16-34-28-24(25(23)31)27(38-39-28)30-36-26-22(11-13-33-29(26)37-30)20-10-7-12-32-15-20/h4-5,7,10-16,19,35H,2-3,6,8-9H2,1H3,(H,33,36,37)(H,34,38,39)/b18-4+,21-14+. The molecule has 1 aliphatic rings. The predicted molar refractivity (Wildman–Crippen MR) is 152 cm³/mol. The molecule has 8 nitrogen and oxygen atoms in total. The normalized spacial score (nSPS) is 14.5. The van der Waals surface area contributed by atoms with Crippen LogP contribution in [0.4, 0.5) is 4.39 Å². The third kappa shape index (κ3) is 4.41. The maximum atomic E-state index is 16.2. The summed E-state index contributed by atoms with van der Waals surface area (Å²) >= 11 is 0. The lowest BCUT2D eigenvalue weighted by Crippen LogP contribution is -2.23. The number of H-pyrrole nitrogens is 2. The highest BCUT2D eigenvalue weighted by Crippen LogP contribution is 2.34. The van der Waals surface area contributed by atoms with Crippen molar-refractivity contribution in [2.75, 3.05) is 0 Å². The monoisotopic (exact) mass is 518 g/mol. The lowest BCUT2D eigenvalue weighted by atomic mass is 9.83. The van der Waals surface area contributed by atoms with Gasteiger partial charge in [0.05, 0.1) is 10.9 Å². The second-order valence-corrected chi connectivity index (χ2v) is 9.49. The van der Waals surface area contributed by atoms with Gasteiger partial charge in [-0.15, -0.1) is 0 Å². The molecule has 39 heavy (non-hydrogen) atoms. The summed E-state index contributed by atoms with van der Waals surface area (Å²) < 4.78 is 16.2. The zero-order chi connectivity index (χ0) is 26.9. The zero-order valence-corrected chi connectivity index (χ0v) is 21.5. The van der Waals surface area contributed by atoms with Crippen LogP contribution in [0.25, 0.3) is 50.4 Å². The van der Waals surface area contributed by atoms with Gasteiger partial charge in [-0.05, 0) is 55.5 Å². The van der Waals surface area contributed by atoms with Gasteiger partial charge in [0, 0.05) is 52.9 Å². The molecule has 3 N–H and O–H groups in total. The molecule has 5 aromatic rings. The topological polar surface area (TPSA) is 108 Å². The number of allylic oxidation sites excluding steroid dienone is 5. The van der Waals surface area contributed by atoms with E-state index in [4.69, 9.17) is 0 Å². The van der Waals surface area contributed by atoms with E-state index in [0.717, 1.165) is 40.9 Å². The van der Waals surface area contributed by atoms with Crippen molar-refractivity contribution in [3.8, 4) is 22.6 Å². The van der Waals surface area contributed by atoms with Crippen LogP contribution >= 0.6 is 0 Å². The minimum absolute atomic E-state index is 0.245. The SMILES string of the molecule is C=C/C(=C\C(=C/C)c1cnc2n[nH]c(-c3nc4nccc(-c5cccnc5)c4[nH]3)c2c1F)NC(=C)C1CCC1. The molecule has 5 aromatic heterocycles. The molecule has 0 amide bonds. The molecule has 194 valence electrons. The van der Waals surface area contributed by atoms with E-state index in [0.29, 0.717) is 34.2 Å².